The lowest BCUT2D eigenvalue weighted by Gasteiger charge is -2.29. The fourth-order valence-electron chi connectivity index (χ4n) is 2.84. The van der Waals surface area contributed by atoms with Crippen molar-refractivity contribution < 1.29 is 9.13 Å². The lowest BCUT2D eigenvalue weighted by Crippen LogP contribution is -2.37. The van der Waals surface area contributed by atoms with Crippen molar-refractivity contribution in [3.05, 3.63) is 29.6 Å². The molecule has 0 spiro atoms. The van der Waals surface area contributed by atoms with E-state index in [0.717, 1.165) is 25.7 Å². The molecule has 3 heteroatoms. The second-order valence-electron chi connectivity index (χ2n) is 5.54. The first-order valence-electron chi connectivity index (χ1n) is 6.68. The monoisotopic (exact) mass is 251 g/mol. The van der Waals surface area contributed by atoms with Crippen molar-refractivity contribution in [3.8, 4) is 5.75 Å². The van der Waals surface area contributed by atoms with E-state index in [9.17, 15) is 4.39 Å². The second kappa shape index (κ2) is 5.27. The zero-order valence-electron chi connectivity index (χ0n) is 11.2. The van der Waals surface area contributed by atoms with Crippen LogP contribution in [0.1, 0.15) is 44.6 Å². The molecule has 0 aliphatic heterocycles. The third-order valence-electron chi connectivity index (χ3n) is 4.12. The van der Waals surface area contributed by atoms with Crippen LogP contribution in [0.25, 0.3) is 0 Å². The third kappa shape index (κ3) is 2.66. The van der Waals surface area contributed by atoms with E-state index in [1.165, 1.54) is 12.5 Å². The summed E-state index contributed by atoms with van der Waals surface area (Å²) in [6.45, 7) is 2.25. The summed E-state index contributed by atoms with van der Waals surface area (Å²) in [5.74, 6) is 0.991. The van der Waals surface area contributed by atoms with Gasteiger partial charge in [0.25, 0.3) is 0 Å². The maximum absolute atomic E-state index is 14.1. The Hall–Kier alpha value is -1.09. The van der Waals surface area contributed by atoms with Crippen LogP contribution in [-0.2, 0) is 5.54 Å². The number of rotatable bonds is 2. The van der Waals surface area contributed by atoms with E-state index < -0.39 is 5.54 Å². The second-order valence-corrected chi connectivity index (χ2v) is 5.54. The summed E-state index contributed by atoms with van der Waals surface area (Å²) >= 11 is 0. The molecule has 2 nitrogen and oxygen atoms in total. The molecule has 2 atom stereocenters. The van der Waals surface area contributed by atoms with Gasteiger partial charge in [0.2, 0.25) is 0 Å². The molecule has 2 rings (SSSR count). The molecule has 1 aliphatic carbocycles. The van der Waals surface area contributed by atoms with Crippen LogP contribution in [0.5, 0.6) is 5.75 Å². The van der Waals surface area contributed by atoms with Gasteiger partial charge in [-0.3, -0.25) is 0 Å². The van der Waals surface area contributed by atoms with Crippen LogP contribution in [0.2, 0.25) is 0 Å². The highest BCUT2D eigenvalue weighted by Gasteiger charge is 2.32. The maximum Gasteiger partial charge on any atom is 0.131 e. The Morgan fingerprint density at radius 3 is 2.78 bits per heavy atom. The number of halogens is 1. The summed E-state index contributed by atoms with van der Waals surface area (Å²) in [5, 5.41) is 0. The van der Waals surface area contributed by atoms with E-state index >= 15 is 0 Å². The largest absolute Gasteiger partial charge is 0.497 e. The number of benzene rings is 1. The van der Waals surface area contributed by atoms with Crippen molar-refractivity contribution in [2.75, 3.05) is 7.11 Å². The number of hydrogen-bond donors (Lipinski definition) is 1. The van der Waals surface area contributed by atoms with Crippen LogP contribution in [-0.4, -0.2) is 7.11 Å². The number of hydrogen-bond acceptors (Lipinski definition) is 2. The summed E-state index contributed by atoms with van der Waals surface area (Å²) in [7, 11) is 1.54. The van der Waals surface area contributed by atoms with E-state index in [1.54, 1.807) is 19.2 Å². The van der Waals surface area contributed by atoms with Crippen molar-refractivity contribution in [2.45, 2.75) is 44.6 Å². The highest BCUT2D eigenvalue weighted by molar-refractivity contribution is 5.33. The summed E-state index contributed by atoms with van der Waals surface area (Å²) in [5.41, 5.74) is 6.58. The molecule has 0 aromatic heterocycles. The molecule has 1 aliphatic rings. The molecule has 0 heterocycles. The van der Waals surface area contributed by atoms with Gasteiger partial charge in [-0.15, -0.1) is 0 Å². The molecule has 0 saturated heterocycles. The van der Waals surface area contributed by atoms with Gasteiger partial charge in [0, 0.05) is 17.2 Å². The Balaban J connectivity index is 2.28. The van der Waals surface area contributed by atoms with Crippen LogP contribution in [0.3, 0.4) is 0 Å². The Bertz CT molecular complexity index is 421. The molecule has 1 aromatic carbocycles. The molecular weight excluding hydrogens is 229 g/mol. The van der Waals surface area contributed by atoms with Gasteiger partial charge in [0.05, 0.1) is 7.11 Å². The van der Waals surface area contributed by atoms with Crippen LogP contribution in [0.15, 0.2) is 18.2 Å². The standard InChI is InChI=1S/C15H22FNO/c1-11-4-3-8-15(17,9-7-11)13-6-5-12(18-2)10-14(13)16/h5-6,10-11H,3-4,7-9,17H2,1-2H3. The molecule has 0 radical (unpaired) electrons. The highest BCUT2D eigenvalue weighted by atomic mass is 19.1. The van der Waals surface area contributed by atoms with Gasteiger partial charge in [-0.2, -0.15) is 0 Å². The minimum absolute atomic E-state index is 0.244. The minimum atomic E-state index is -0.513. The smallest absolute Gasteiger partial charge is 0.131 e. The van der Waals surface area contributed by atoms with E-state index in [-0.39, 0.29) is 5.82 Å². The van der Waals surface area contributed by atoms with Gasteiger partial charge in [-0.1, -0.05) is 25.8 Å². The lowest BCUT2D eigenvalue weighted by molar-refractivity contribution is 0.359. The Kier molecular flexibility index (Phi) is 3.91. The molecule has 2 N–H and O–H groups in total. The average Bonchev–Trinajstić information content (AvgIpc) is 2.52. The molecular formula is C15H22FNO. The van der Waals surface area contributed by atoms with Crippen molar-refractivity contribution >= 4 is 0 Å². The molecule has 1 saturated carbocycles. The maximum atomic E-state index is 14.1. The fourth-order valence-corrected chi connectivity index (χ4v) is 2.84. The van der Waals surface area contributed by atoms with Gasteiger partial charge in [0.1, 0.15) is 11.6 Å². The van der Waals surface area contributed by atoms with E-state index in [1.807, 2.05) is 0 Å². The van der Waals surface area contributed by atoms with Crippen LogP contribution < -0.4 is 10.5 Å². The molecule has 0 amide bonds. The zero-order chi connectivity index (χ0) is 13.2. The van der Waals surface area contributed by atoms with Crippen LogP contribution >= 0.6 is 0 Å². The first-order chi connectivity index (χ1) is 8.55. The van der Waals surface area contributed by atoms with Gasteiger partial charge in [0.15, 0.2) is 0 Å². The Labute approximate surface area is 108 Å². The summed E-state index contributed by atoms with van der Waals surface area (Å²) in [4.78, 5) is 0. The highest BCUT2D eigenvalue weighted by Crippen LogP contribution is 2.37. The molecule has 1 fully saturated rings. The quantitative estimate of drug-likeness (QED) is 0.815. The van der Waals surface area contributed by atoms with Gasteiger partial charge in [-0.05, 0) is 31.2 Å². The number of nitrogens with two attached hydrogens (primary N) is 1. The molecule has 18 heavy (non-hydrogen) atoms. The molecule has 2 unspecified atom stereocenters. The summed E-state index contributed by atoms with van der Waals surface area (Å²) in [6, 6.07) is 5.00. The predicted molar refractivity (Wildman–Crippen MR) is 71.1 cm³/mol. The van der Waals surface area contributed by atoms with Gasteiger partial charge < -0.3 is 10.5 Å². The zero-order valence-corrected chi connectivity index (χ0v) is 11.2. The normalized spacial score (nSPS) is 28.8. The van der Waals surface area contributed by atoms with Crippen molar-refractivity contribution in [3.63, 3.8) is 0 Å². The van der Waals surface area contributed by atoms with Crippen LogP contribution in [0, 0.1) is 11.7 Å². The first kappa shape index (κ1) is 13.3. The average molecular weight is 251 g/mol. The van der Waals surface area contributed by atoms with Gasteiger partial charge >= 0.3 is 0 Å². The lowest BCUT2D eigenvalue weighted by atomic mass is 9.83. The Morgan fingerprint density at radius 1 is 1.33 bits per heavy atom. The van der Waals surface area contributed by atoms with E-state index in [0.29, 0.717) is 17.2 Å². The fraction of sp³-hybridized carbons (Fsp3) is 0.600. The molecule has 1 aromatic rings. The first-order valence-corrected chi connectivity index (χ1v) is 6.68. The minimum Gasteiger partial charge on any atom is -0.497 e. The molecule has 0 bridgehead atoms. The predicted octanol–water partition coefficient (Wildman–Crippen LogP) is 3.59. The van der Waals surface area contributed by atoms with Crippen molar-refractivity contribution in [2.24, 2.45) is 11.7 Å². The van der Waals surface area contributed by atoms with Crippen molar-refractivity contribution in [1.82, 2.24) is 0 Å². The SMILES string of the molecule is COc1ccc(C2(N)CCCC(C)CC2)c(F)c1. The van der Waals surface area contributed by atoms with E-state index in [4.69, 9.17) is 10.5 Å². The summed E-state index contributed by atoms with van der Waals surface area (Å²) < 4.78 is 19.2. The van der Waals surface area contributed by atoms with Crippen molar-refractivity contribution in [1.29, 1.82) is 0 Å². The summed E-state index contributed by atoms with van der Waals surface area (Å²) in [6.07, 6.45) is 5.06. The van der Waals surface area contributed by atoms with E-state index in [2.05, 4.69) is 6.92 Å². The number of methoxy groups -OCH3 is 1. The molecule has 100 valence electrons. The number of ether oxygens (including phenoxy) is 1. The van der Waals surface area contributed by atoms with Crippen LogP contribution in [0.4, 0.5) is 4.39 Å². The third-order valence-corrected chi connectivity index (χ3v) is 4.12. The van der Waals surface area contributed by atoms with Gasteiger partial charge in [-0.25, -0.2) is 4.39 Å². The Morgan fingerprint density at radius 2 is 2.11 bits per heavy atom. The topological polar surface area (TPSA) is 35.2 Å².